The summed E-state index contributed by atoms with van der Waals surface area (Å²) in [5.41, 5.74) is 0. The van der Waals surface area contributed by atoms with Crippen molar-refractivity contribution in [1.82, 2.24) is 0 Å². The van der Waals surface area contributed by atoms with Crippen molar-refractivity contribution in [2.24, 2.45) is 0 Å². The molecule has 2 nitrogen and oxygen atoms in total. The van der Waals surface area contributed by atoms with E-state index in [0.29, 0.717) is 6.29 Å². The van der Waals surface area contributed by atoms with Crippen molar-refractivity contribution in [3.05, 3.63) is 0 Å². The van der Waals surface area contributed by atoms with Crippen LogP contribution in [0.5, 0.6) is 0 Å². The van der Waals surface area contributed by atoms with Gasteiger partial charge in [0.05, 0.1) is 6.10 Å². The third kappa shape index (κ3) is 9.19. The number of carbonyl (C=O) groups excluding carboxylic acids is 1. The quantitative estimate of drug-likeness (QED) is 0.384. The maximum Gasteiger partial charge on any atom is 0.192 e. The molecule has 68 valence electrons. The topological polar surface area (TPSA) is 37.3 Å². The monoisotopic (exact) mass is 168 g/mol. The van der Waals surface area contributed by atoms with E-state index >= 15 is 0 Å². The van der Waals surface area contributed by atoms with Crippen molar-refractivity contribution in [3.8, 4) is 11.8 Å². The molecule has 0 saturated heterocycles. The van der Waals surface area contributed by atoms with Gasteiger partial charge < -0.3 is 5.11 Å². The molecular weight excluding hydrogens is 152 g/mol. The number of unbranched alkanes of at least 4 members (excludes halogenated alkanes) is 3. The molecule has 1 atom stereocenters. The first kappa shape index (κ1) is 11.2. The van der Waals surface area contributed by atoms with E-state index in [0.717, 1.165) is 32.1 Å². The Kier molecular flexibility index (Phi) is 7.73. The molecule has 0 aromatic heterocycles. The van der Waals surface area contributed by atoms with Gasteiger partial charge in [-0.2, -0.15) is 0 Å². The van der Waals surface area contributed by atoms with Crippen LogP contribution in [0.25, 0.3) is 0 Å². The molecule has 0 saturated carbocycles. The molecule has 0 heterocycles. The first-order valence-corrected chi connectivity index (χ1v) is 4.37. The van der Waals surface area contributed by atoms with Crippen LogP contribution in [0.1, 0.15) is 39.0 Å². The zero-order valence-electron chi connectivity index (χ0n) is 7.55. The highest BCUT2D eigenvalue weighted by atomic mass is 16.3. The second kappa shape index (κ2) is 8.29. The van der Waals surface area contributed by atoms with E-state index in [1.165, 1.54) is 0 Å². The van der Waals surface area contributed by atoms with Gasteiger partial charge in [-0.05, 0) is 25.7 Å². The summed E-state index contributed by atoms with van der Waals surface area (Å²) >= 11 is 0. The van der Waals surface area contributed by atoms with Crippen molar-refractivity contribution in [3.63, 3.8) is 0 Å². The zero-order chi connectivity index (χ0) is 9.23. The number of aldehydes is 1. The van der Waals surface area contributed by atoms with Gasteiger partial charge >= 0.3 is 0 Å². The molecule has 0 aliphatic rings. The van der Waals surface area contributed by atoms with Crippen LogP contribution in [0.15, 0.2) is 0 Å². The van der Waals surface area contributed by atoms with Gasteiger partial charge in [-0.15, -0.1) is 0 Å². The van der Waals surface area contributed by atoms with Crippen LogP contribution in [0.2, 0.25) is 0 Å². The molecule has 0 bridgehead atoms. The number of hydrogen-bond donors (Lipinski definition) is 1. The van der Waals surface area contributed by atoms with Crippen molar-refractivity contribution < 1.29 is 9.90 Å². The molecule has 0 aliphatic heterocycles. The highest BCUT2D eigenvalue weighted by molar-refractivity contribution is 5.72. The van der Waals surface area contributed by atoms with Gasteiger partial charge in [0, 0.05) is 6.42 Å². The Morgan fingerprint density at radius 1 is 1.42 bits per heavy atom. The minimum absolute atomic E-state index is 0.189. The van der Waals surface area contributed by atoms with E-state index in [1.54, 1.807) is 6.92 Å². The van der Waals surface area contributed by atoms with Crippen LogP contribution in [0.4, 0.5) is 0 Å². The van der Waals surface area contributed by atoms with Gasteiger partial charge in [0.1, 0.15) is 0 Å². The Bertz CT molecular complexity index is 162. The zero-order valence-corrected chi connectivity index (χ0v) is 7.55. The smallest absolute Gasteiger partial charge is 0.192 e. The van der Waals surface area contributed by atoms with Crippen molar-refractivity contribution in [1.29, 1.82) is 0 Å². The average Bonchev–Trinajstić information content (AvgIpc) is 2.02. The fraction of sp³-hybridized carbons (Fsp3) is 0.700. The standard InChI is InChI=1S/C10H16O2/c1-10(12)8-6-4-2-3-5-7-9-11/h9-10,12H,2-4,6,8H2,1H3. The second-order valence-electron chi connectivity index (χ2n) is 2.89. The van der Waals surface area contributed by atoms with E-state index in [9.17, 15) is 4.79 Å². The molecule has 0 aromatic rings. The predicted molar refractivity (Wildman–Crippen MR) is 48.6 cm³/mol. The van der Waals surface area contributed by atoms with Gasteiger partial charge in [0.15, 0.2) is 6.29 Å². The van der Waals surface area contributed by atoms with Crippen molar-refractivity contribution >= 4 is 6.29 Å². The van der Waals surface area contributed by atoms with E-state index in [4.69, 9.17) is 5.11 Å². The van der Waals surface area contributed by atoms with Crippen molar-refractivity contribution in [2.75, 3.05) is 0 Å². The molecule has 1 unspecified atom stereocenters. The average molecular weight is 168 g/mol. The lowest BCUT2D eigenvalue weighted by molar-refractivity contribution is -0.103. The molecule has 0 amide bonds. The largest absolute Gasteiger partial charge is 0.393 e. The summed E-state index contributed by atoms with van der Waals surface area (Å²) in [7, 11) is 0. The first-order valence-electron chi connectivity index (χ1n) is 4.37. The number of aliphatic hydroxyl groups excluding tert-OH is 1. The fourth-order valence-corrected chi connectivity index (χ4v) is 0.944. The van der Waals surface area contributed by atoms with Gasteiger partial charge in [0.2, 0.25) is 0 Å². The van der Waals surface area contributed by atoms with Gasteiger partial charge in [-0.3, -0.25) is 4.79 Å². The van der Waals surface area contributed by atoms with Crippen LogP contribution in [0.3, 0.4) is 0 Å². The van der Waals surface area contributed by atoms with Crippen LogP contribution in [-0.2, 0) is 4.79 Å². The Labute approximate surface area is 74.0 Å². The summed E-state index contributed by atoms with van der Waals surface area (Å²) in [6, 6.07) is 0. The number of aliphatic hydroxyl groups is 1. The highest BCUT2D eigenvalue weighted by Crippen LogP contribution is 2.04. The van der Waals surface area contributed by atoms with Crippen LogP contribution in [0, 0.1) is 11.8 Å². The Morgan fingerprint density at radius 3 is 2.75 bits per heavy atom. The van der Waals surface area contributed by atoms with Crippen molar-refractivity contribution in [2.45, 2.75) is 45.1 Å². The number of hydrogen-bond acceptors (Lipinski definition) is 2. The predicted octanol–water partition coefficient (Wildman–Crippen LogP) is 1.52. The third-order valence-electron chi connectivity index (χ3n) is 1.58. The lowest BCUT2D eigenvalue weighted by atomic mass is 10.1. The van der Waals surface area contributed by atoms with Crippen LogP contribution < -0.4 is 0 Å². The molecule has 0 aromatic carbocycles. The Hall–Kier alpha value is -0.810. The van der Waals surface area contributed by atoms with Crippen LogP contribution >= 0.6 is 0 Å². The molecule has 0 radical (unpaired) electrons. The van der Waals surface area contributed by atoms with Gasteiger partial charge in [-0.25, -0.2) is 0 Å². The van der Waals surface area contributed by atoms with Gasteiger partial charge in [0.25, 0.3) is 0 Å². The maximum atomic E-state index is 9.78. The molecule has 0 aliphatic carbocycles. The molecule has 12 heavy (non-hydrogen) atoms. The molecule has 0 spiro atoms. The summed E-state index contributed by atoms with van der Waals surface area (Å²) in [4.78, 5) is 9.78. The van der Waals surface area contributed by atoms with E-state index in [-0.39, 0.29) is 6.10 Å². The Morgan fingerprint density at radius 2 is 2.17 bits per heavy atom. The molecular formula is C10H16O2. The normalized spacial score (nSPS) is 11.5. The summed E-state index contributed by atoms with van der Waals surface area (Å²) in [6.45, 7) is 1.80. The minimum Gasteiger partial charge on any atom is -0.393 e. The lowest BCUT2D eigenvalue weighted by Crippen LogP contribution is -1.97. The lowest BCUT2D eigenvalue weighted by Gasteiger charge is -2.01. The van der Waals surface area contributed by atoms with E-state index in [2.05, 4.69) is 11.8 Å². The fourth-order valence-electron chi connectivity index (χ4n) is 0.944. The third-order valence-corrected chi connectivity index (χ3v) is 1.58. The second-order valence-corrected chi connectivity index (χ2v) is 2.89. The molecule has 0 rings (SSSR count). The molecule has 0 fully saturated rings. The minimum atomic E-state index is -0.189. The summed E-state index contributed by atoms with van der Waals surface area (Å²) in [6.07, 6.45) is 5.23. The first-order chi connectivity index (χ1) is 5.77. The van der Waals surface area contributed by atoms with Crippen LogP contribution in [-0.4, -0.2) is 17.5 Å². The summed E-state index contributed by atoms with van der Waals surface area (Å²) in [5, 5.41) is 8.92. The van der Waals surface area contributed by atoms with E-state index in [1.807, 2.05) is 0 Å². The number of rotatable bonds is 5. The van der Waals surface area contributed by atoms with E-state index < -0.39 is 0 Å². The SMILES string of the molecule is CC(O)CCCCCC#CC=O. The molecule has 1 N–H and O–H groups in total. The highest BCUT2D eigenvalue weighted by Gasteiger charge is 1.93. The number of carbonyl (C=O) groups is 1. The maximum absolute atomic E-state index is 9.78. The summed E-state index contributed by atoms with van der Waals surface area (Å²) in [5.74, 6) is 5.11. The van der Waals surface area contributed by atoms with Gasteiger partial charge in [-0.1, -0.05) is 18.8 Å². The Balaban J connectivity index is 3.05. The summed E-state index contributed by atoms with van der Waals surface area (Å²) < 4.78 is 0. The molecule has 2 heteroatoms.